The van der Waals surface area contributed by atoms with Crippen molar-refractivity contribution in [1.82, 2.24) is 0 Å². The summed E-state index contributed by atoms with van der Waals surface area (Å²) in [6.07, 6.45) is 3.05. The first-order chi connectivity index (χ1) is 14.9. The van der Waals surface area contributed by atoms with Gasteiger partial charge in [-0.25, -0.2) is 8.42 Å². The van der Waals surface area contributed by atoms with Crippen molar-refractivity contribution >= 4 is 33.4 Å². The van der Waals surface area contributed by atoms with E-state index >= 15 is 0 Å². The summed E-state index contributed by atoms with van der Waals surface area (Å²) in [4.78, 5) is 12.3. The molecule has 4 rings (SSSR count). The zero-order valence-electron chi connectivity index (χ0n) is 16.7. The molecule has 3 aromatic rings. The molecule has 0 saturated carbocycles. The second-order valence-corrected chi connectivity index (χ2v) is 8.56. The maximum Gasteiger partial charge on any atom is 0.261 e. The summed E-state index contributed by atoms with van der Waals surface area (Å²) in [6.45, 7) is 2.02. The van der Waals surface area contributed by atoms with Crippen molar-refractivity contribution in [1.29, 1.82) is 0 Å². The molecule has 0 saturated heterocycles. The Balaban J connectivity index is 1.40. The van der Waals surface area contributed by atoms with Gasteiger partial charge in [-0.05, 0) is 66.6 Å². The van der Waals surface area contributed by atoms with Crippen molar-refractivity contribution in [2.75, 3.05) is 16.8 Å². The fourth-order valence-electron chi connectivity index (χ4n) is 2.98. The highest BCUT2D eigenvalue weighted by Gasteiger charge is 2.15. The number of carbonyl (C=O) groups is 1. The Hall–Kier alpha value is -3.78. The highest BCUT2D eigenvalue weighted by molar-refractivity contribution is 7.92. The first-order valence-corrected chi connectivity index (χ1v) is 11.0. The highest BCUT2D eigenvalue weighted by atomic mass is 32.2. The van der Waals surface area contributed by atoms with Crippen LogP contribution in [0, 0.1) is 6.92 Å². The van der Waals surface area contributed by atoms with Gasteiger partial charge in [0.05, 0.1) is 10.6 Å². The van der Waals surface area contributed by atoms with Crippen LogP contribution in [0.25, 0.3) is 6.08 Å². The zero-order valence-corrected chi connectivity index (χ0v) is 17.5. The smallest absolute Gasteiger partial charge is 0.261 e. The first kappa shape index (κ1) is 20.5. The lowest BCUT2D eigenvalue weighted by molar-refractivity contribution is -0.111. The van der Waals surface area contributed by atoms with Crippen molar-refractivity contribution in [2.45, 2.75) is 11.8 Å². The summed E-state index contributed by atoms with van der Waals surface area (Å²) < 4.78 is 38.3. The number of anilines is 2. The lowest BCUT2D eigenvalue weighted by Gasteiger charge is -2.11. The monoisotopic (exact) mass is 436 g/mol. The number of para-hydroxylation sites is 1. The van der Waals surface area contributed by atoms with E-state index in [0.717, 1.165) is 11.1 Å². The third-order valence-electron chi connectivity index (χ3n) is 4.65. The molecular weight excluding hydrogens is 416 g/mol. The molecule has 0 aliphatic carbocycles. The number of carbonyl (C=O) groups excluding carboxylic acids is 1. The average molecular weight is 436 g/mol. The van der Waals surface area contributed by atoms with Crippen LogP contribution in [0.1, 0.15) is 11.1 Å². The molecule has 0 radical (unpaired) electrons. The van der Waals surface area contributed by atoms with Gasteiger partial charge in [0.15, 0.2) is 11.5 Å². The number of benzene rings is 3. The van der Waals surface area contributed by atoms with Gasteiger partial charge in [0.2, 0.25) is 12.7 Å². The van der Waals surface area contributed by atoms with Crippen LogP contribution in [0.3, 0.4) is 0 Å². The largest absolute Gasteiger partial charge is 0.454 e. The maximum atomic E-state index is 12.6. The topological polar surface area (TPSA) is 93.7 Å². The van der Waals surface area contributed by atoms with E-state index in [1.54, 1.807) is 42.5 Å². The van der Waals surface area contributed by atoms with Gasteiger partial charge in [-0.2, -0.15) is 0 Å². The third-order valence-corrected chi connectivity index (χ3v) is 6.03. The number of hydrogen-bond acceptors (Lipinski definition) is 5. The van der Waals surface area contributed by atoms with Crippen LogP contribution < -0.4 is 19.5 Å². The van der Waals surface area contributed by atoms with Crippen LogP contribution in [0.4, 0.5) is 11.4 Å². The number of amides is 1. The van der Waals surface area contributed by atoms with E-state index < -0.39 is 10.0 Å². The van der Waals surface area contributed by atoms with Crippen molar-refractivity contribution < 1.29 is 22.7 Å². The highest BCUT2D eigenvalue weighted by Crippen LogP contribution is 2.32. The number of aryl methyl sites for hydroxylation is 1. The molecule has 8 heteroatoms. The molecule has 3 aromatic carbocycles. The maximum absolute atomic E-state index is 12.6. The van der Waals surface area contributed by atoms with Crippen LogP contribution in [-0.2, 0) is 14.8 Å². The lowest BCUT2D eigenvalue weighted by atomic mass is 10.2. The molecule has 1 amide bonds. The van der Waals surface area contributed by atoms with E-state index in [1.165, 1.54) is 18.2 Å². The molecular formula is C23H20N2O5S. The van der Waals surface area contributed by atoms with Crippen LogP contribution in [-0.4, -0.2) is 21.1 Å². The van der Waals surface area contributed by atoms with E-state index in [-0.39, 0.29) is 17.6 Å². The molecule has 2 N–H and O–H groups in total. The number of rotatable bonds is 6. The number of hydrogen-bond donors (Lipinski definition) is 2. The van der Waals surface area contributed by atoms with Crippen LogP contribution in [0.5, 0.6) is 11.5 Å². The van der Waals surface area contributed by atoms with Crippen molar-refractivity contribution in [2.24, 2.45) is 0 Å². The Morgan fingerprint density at radius 1 is 0.968 bits per heavy atom. The van der Waals surface area contributed by atoms with Gasteiger partial charge >= 0.3 is 0 Å². The summed E-state index contributed by atoms with van der Waals surface area (Å²) in [6, 6.07) is 18.5. The van der Waals surface area contributed by atoms with Crippen molar-refractivity contribution in [3.63, 3.8) is 0 Å². The molecule has 158 valence electrons. The number of fused-ring (bicyclic) bond motifs is 1. The molecule has 0 spiro atoms. The predicted octanol–water partition coefficient (Wildman–Crippen LogP) is 4.18. The van der Waals surface area contributed by atoms with Gasteiger partial charge in [-0.3, -0.25) is 9.52 Å². The fraction of sp³-hybridized carbons (Fsp3) is 0.0870. The van der Waals surface area contributed by atoms with Gasteiger partial charge in [0.25, 0.3) is 10.0 Å². The van der Waals surface area contributed by atoms with Gasteiger partial charge in [-0.15, -0.1) is 0 Å². The first-order valence-electron chi connectivity index (χ1n) is 9.48. The van der Waals surface area contributed by atoms with E-state index in [4.69, 9.17) is 9.47 Å². The van der Waals surface area contributed by atoms with Gasteiger partial charge < -0.3 is 14.8 Å². The molecule has 0 fully saturated rings. The summed E-state index contributed by atoms with van der Waals surface area (Å²) in [5.74, 6) is 0.971. The normalized spacial score (nSPS) is 12.7. The third kappa shape index (κ3) is 4.87. The summed E-state index contributed by atoms with van der Waals surface area (Å²) in [7, 11) is -3.73. The predicted molar refractivity (Wildman–Crippen MR) is 119 cm³/mol. The number of ether oxygens (including phenoxy) is 2. The standard InChI is InChI=1S/C23H20N2O5S/c1-16-4-2-3-5-20(16)25-31(27,28)19-10-8-18(9-11-19)24-23(26)13-7-17-6-12-21-22(14-17)30-15-29-21/h2-14,25H,15H2,1H3,(H,24,26)/b13-7+. The van der Waals surface area contributed by atoms with Crippen LogP contribution >= 0.6 is 0 Å². The summed E-state index contributed by atoms with van der Waals surface area (Å²) >= 11 is 0. The Labute approximate surface area is 180 Å². The lowest BCUT2D eigenvalue weighted by Crippen LogP contribution is -2.14. The molecule has 1 aliphatic heterocycles. The van der Waals surface area contributed by atoms with Gasteiger partial charge in [0, 0.05) is 11.8 Å². The summed E-state index contributed by atoms with van der Waals surface area (Å²) in [5, 5.41) is 2.71. The van der Waals surface area contributed by atoms with Gasteiger partial charge in [-0.1, -0.05) is 24.3 Å². The second kappa shape index (κ2) is 8.53. The molecule has 0 bridgehead atoms. The second-order valence-electron chi connectivity index (χ2n) is 6.88. The van der Waals surface area contributed by atoms with Crippen molar-refractivity contribution in [3.05, 3.63) is 83.9 Å². The van der Waals surface area contributed by atoms with E-state index in [1.807, 2.05) is 25.1 Å². The number of nitrogens with one attached hydrogen (secondary N) is 2. The molecule has 1 aliphatic rings. The Morgan fingerprint density at radius 2 is 1.71 bits per heavy atom. The van der Waals surface area contributed by atoms with Gasteiger partial charge in [0.1, 0.15) is 0 Å². The average Bonchev–Trinajstić information content (AvgIpc) is 3.22. The SMILES string of the molecule is Cc1ccccc1NS(=O)(=O)c1ccc(NC(=O)/C=C/c2ccc3c(c2)OCO3)cc1. The van der Waals surface area contributed by atoms with E-state index in [2.05, 4.69) is 10.0 Å². The Bertz CT molecular complexity index is 1250. The van der Waals surface area contributed by atoms with E-state index in [0.29, 0.717) is 22.9 Å². The fourth-order valence-corrected chi connectivity index (χ4v) is 4.11. The quantitative estimate of drug-likeness (QED) is 0.566. The molecule has 1 heterocycles. The van der Waals surface area contributed by atoms with Crippen molar-refractivity contribution in [3.8, 4) is 11.5 Å². The Kier molecular flexibility index (Phi) is 5.64. The molecule has 0 atom stereocenters. The minimum absolute atomic E-state index is 0.102. The molecule has 0 unspecified atom stereocenters. The minimum Gasteiger partial charge on any atom is -0.454 e. The molecule has 0 aromatic heterocycles. The van der Waals surface area contributed by atoms with E-state index in [9.17, 15) is 13.2 Å². The summed E-state index contributed by atoms with van der Waals surface area (Å²) in [5.41, 5.74) is 2.62. The Morgan fingerprint density at radius 3 is 2.48 bits per heavy atom. The molecule has 7 nitrogen and oxygen atoms in total. The minimum atomic E-state index is -3.73. The van der Waals surface area contributed by atoms with Crippen LogP contribution in [0.15, 0.2) is 77.7 Å². The van der Waals surface area contributed by atoms with Crippen LogP contribution in [0.2, 0.25) is 0 Å². The zero-order chi connectivity index (χ0) is 21.8. The number of sulfonamides is 1. The molecule has 31 heavy (non-hydrogen) atoms.